The fourth-order valence-electron chi connectivity index (χ4n) is 3.16. The minimum Gasteiger partial charge on any atom is -0.352 e. The highest BCUT2D eigenvalue weighted by Crippen LogP contribution is 2.27. The van der Waals surface area contributed by atoms with Crippen LogP contribution in [0.1, 0.15) is 25.8 Å². The molecule has 152 valence electrons. The summed E-state index contributed by atoms with van der Waals surface area (Å²) in [5.74, 6) is -0.840. The Bertz CT molecular complexity index is 929. The number of benzene rings is 2. The zero-order valence-electron chi connectivity index (χ0n) is 16.4. The predicted octanol–water partition coefficient (Wildman–Crippen LogP) is 3.60. The highest BCUT2D eigenvalue weighted by molar-refractivity contribution is 6.31. The van der Waals surface area contributed by atoms with Crippen molar-refractivity contribution in [3.05, 3.63) is 59.1 Å². The van der Waals surface area contributed by atoms with Crippen molar-refractivity contribution < 1.29 is 14.4 Å². The van der Waals surface area contributed by atoms with Crippen LogP contribution < -0.4 is 15.5 Å². The monoisotopic (exact) mass is 413 g/mol. The third-order valence-corrected chi connectivity index (χ3v) is 5.04. The van der Waals surface area contributed by atoms with Gasteiger partial charge in [0.2, 0.25) is 17.7 Å². The zero-order chi connectivity index (χ0) is 21.0. The van der Waals surface area contributed by atoms with Gasteiger partial charge in [0, 0.05) is 41.8 Å². The molecule has 3 amide bonds. The average Bonchev–Trinajstić information content (AvgIpc) is 3.08. The zero-order valence-corrected chi connectivity index (χ0v) is 17.2. The number of hydrogen-bond donors (Lipinski definition) is 2. The maximum Gasteiger partial charge on any atom is 0.227 e. The van der Waals surface area contributed by atoms with Crippen molar-refractivity contribution in [3.63, 3.8) is 0 Å². The molecule has 2 N–H and O–H groups in total. The lowest BCUT2D eigenvalue weighted by atomic mass is 10.1. The van der Waals surface area contributed by atoms with E-state index in [4.69, 9.17) is 11.6 Å². The van der Waals surface area contributed by atoms with Crippen LogP contribution in [0.3, 0.4) is 0 Å². The van der Waals surface area contributed by atoms with Gasteiger partial charge in [0.25, 0.3) is 0 Å². The predicted molar refractivity (Wildman–Crippen MR) is 114 cm³/mol. The largest absolute Gasteiger partial charge is 0.352 e. The lowest BCUT2D eigenvalue weighted by molar-refractivity contribution is -0.126. The number of carbonyl (C=O) groups excluding carboxylic acids is 3. The van der Waals surface area contributed by atoms with E-state index in [1.54, 1.807) is 29.2 Å². The van der Waals surface area contributed by atoms with E-state index in [0.29, 0.717) is 29.5 Å². The Morgan fingerprint density at radius 1 is 1.17 bits per heavy atom. The summed E-state index contributed by atoms with van der Waals surface area (Å²) in [6, 6.07) is 14.4. The van der Waals surface area contributed by atoms with Gasteiger partial charge in [0.1, 0.15) is 0 Å². The highest BCUT2D eigenvalue weighted by atomic mass is 35.5. The van der Waals surface area contributed by atoms with Gasteiger partial charge in [-0.25, -0.2) is 0 Å². The van der Waals surface area contributed by atoms with Crippen molar-refractivity contribution in [1.82, 2.24) is 5.32 Å². The van der Waals surface area contributed by atoms with E-state index in [1.807, 2.05) is 38.1 Å². The first-order chi connectivity index (χ1) is 13.8. The van der Waals surface area contributed by atoms with Crippen molar-refractivity contribution >= 4 is 40.7 Å². The van der Waals surface area contributed by atoms with Gasteiger partial charge >= 0.3 is 0 Å². The van der Waals surface area contributed by atoms with Crippen LogP contribution in [-0.2, 0) is 20.9 Å². The number of nitrogens with zero attached hydrogens (tertiary/aromatic N) is 1. The maximum absolute atomic E-state index is 12.6. The van der Waals surface area contributed by atoms with E-state index in [9.17, 15) is 14.4 Å². The molecule has 0 radical (unpaired) electrons. The van der Waals surface area contributed by atoms with Crippen molar-refractivity contribution in [2.45, 2.75) is 26.8 Å². The summed E-state index contributed by atoms with van der Waals surface area (Å²) in [7, 11) is 0. The van der Waals surface area contributed by atoms with E-state index < -0.39 is 5.92 Å². The molecule has 0 saturated carbocycles. The lowest BCUT2D eigenvalue weighted by Gasteiger charge is -2.17. The Morgan fingerprint density at radius 2 is 1.93 bits per heavy atom. The molecule has 1 fully saturated rings. The molecule has 0 spiro atoms. The molecular weight excluding hydrogens is 390 g/mol. The molecule has 6 nitrogen and oxygen atoms in total. The van der Waals surface area contributed by atoms with Crippen LogP contribution in [0, 0.1) is 11.8 Å². The van der Waals surface area contributed by atoms with Crippen LogP contribution in [0.25, 0.3) is 0 Å². The minimum absolute atomic E-state index is 0.0586. The molecular formula is C22H24ClN3O3. The topological polar surface area (TPSA) is 78.5 Å². The van der Waals surface area contributed by atoms with Crippen LogP contribution in [-0.4, -0.2) is 24.3 Å². The normalized spacial score (nSPS) is 16.2. The summed E-state index contributed by atoms with van der Waals surface area (Å²) in [6.07, 6.45) is 0.169. The van der Waals surface area contributed by atoms with Crippen molar-refractivity contribution in [2.24, 2.45) is 11.8 Å². The second-order valence-corrected chi connectivity index (χ2v) is 7.88. The number of amides is 3. The van der Waals surface area contributed by atoms with E-state index in [-0.39, 0.29) is 30.1 Å². The third kappa shape index (κ3) is 5.35. The number of rotatable bonds is 6. The highest BCUT2D eigenvalue weighted by Gasteiger charge is 2.35. The van der Waals surface area contributed by atoms with Gasteiger partial charge in [-0.15, -0.1) is 0 Å². The molecule has 0 bridgehead atoms. The van der Waals surface area contributed by atoms with Gasteiger partial charge < -0.3 is 15.5 Å². The Balaban J connectivity index is 1.57. The summed E-state index contributed by atoms with van der Waals surface area (Å²) < 4.78 is 0. The molecule has 2 aromatic carbocycles. The lowest BCUT2D eigenvalue weighted by Crippen LogP contribution is -2.32. The smallest absolute Gasteiger partial charge is 0.227 e. The van der Waals surface area contributed by atoms with Crippen LogP contribution in [0.15, 0.2) is 48.5 Å². The molecule has 1 saturated heterocycles. The fourth-order valence-corrected chi connectivity index (χ4v) is 3.34. The van der Waals surface area contributed by atoms with Gasteiger partial charge in [-0.3, -0.25) is 14.4 Å². The van der Waals surface area contributed by atoms with Crippen LogP contribution in [0.5, 0.6) is 0 Å². The summed E-state index contributed by atoms with van der Waals surface area (Å²) in [5, 5.41) is 6.29. The number of carbonyl (C=O) groups is 3. The molecule has 0 aliphatic carbocycles. The van der Waals surface area contributed by atoms with E-state index >= 15 is 0 Å². The first-order valence-corrected chi connectivity index (χ1v) is 9.94. The van der Waals surface area contributed by atoms with Gasteiger partial charge in [-0.1, -0.05) is 43.6 Å². The molecule has 1 unspecified atom stereocenters. The van der Waals surface area contributed by atoms with Crippen molar-refractivity contribution in [3.8, 4) is 0 Å². The fraction of sp³-hybridized carbons (Fsp3) is 0.318. The van der Waals surface area contributed by atoms with E-state index in [0.717, 1.165) is 5.56 Å². The van der Waals surface area contributed by atoms with E-state index in [2.05, 4.69) is 10.6 Å². The van der Waals surface area contributed by atoms with Crippen molar-refractivity contribution in [1.29, 1.82) is 0 Å². The molecule has 1 atom stereocenters. The number of hydrogen-bond acceptors (Lipinski definition) is 3. The summed E-state index contributed by atoms with van der Waals surface area (Å²) in [5.41, 5.74) is 2.26. The molecule has 0 aromatic heterocycles. The number of nitrogens with one attached hydrogen (secondary N) is 2. The molecule has 7 heteroatoms. The first-order valence-electron chi connectivity index (χ1n) is 9.57. The van der Waals surface area contributed by atoms with Crippen LogP contribution in [0.2, 0.25) is 5.02 Å². The standard InChI is InChI=1S/C22H24ClN3O3/c1-14(2)21(28)25-18-7-3-5-15(9-18)12-24-22(29)16-10-20(27)26(13-16)19-8-4-6-17(23)11-19/h3-9,11,14,16H,10,12-13H2,1-2H3,(H,24,29)(H,25,28). The average molecular weight is 414 g/mol. The Labute approximate surface area is 175 Å². The summed E-state index contributed by atoms with van der Waals surface area (Å²) in [4.78, 5) is 38.3. The summed E-state index contributed by atoms with van der Waals surface area (Å²) >= 11 is 6.01. The SMILES string of the molecule is CC(C)C(=O)Nc1cccc(CNC(=O)C2CC(=O)N(c3cccc(Cl)c3)C2)c1. The Hall–Kier alpha value is -2.86. The van der Waals surface area contributed by atoms with Crippen LogP contribution in [0.4, 0.5) is 11.4 Å². The Kier molecular flexibility index (Phi) is 6.54. The third-order valence-electron chi connectivity index (χ3n) is 4.80. The second kappa shape index (κ2) is 9.09. The van der Waals surface area contributed by atoms with Gasteiger partial charge in [-0.2, -0.15) is 0 Å². The van der Waals surface area contributed by atoms with Crippen LogP contribution >= 0.6 is 11.6 Å². The van der Waals surface area contributed by atoms with Gasteiger partial charge in [-0.05, 0) is 35.9 Å². The molecule has 3 rings (SSSR count). The molecule has 1 aliphatic rings. The number of anilines is 2. The molecule has 29 heavy (non-hydrogen) atoms. The van der Waals surface area contributed by atoms with Crippen molar-refractivity contribution in [2.75, 3.05) is 16.8 Å². The molecule has 1 aliphatic heterocycles. The first kappa shape index (κ1) is 20.9. The minimum atomic E-state index is -0.412. The van der Waals surface area contributed by atoms with E-state index in [1.165, 1.54) is 0 Å². The quantitative estimate of drug-likeness (QED) is 0.759. The van der Waals surface area contributed by atoms with Gasteiger partial charge in [0.05, 0.1) is 5.92 Å². The summed E-state index contributed by atoms with van der Waals surface area (Å²) in [6.45, 7) is 4.31. The second-order valence-electron chi connectivity index (χ2n) is 7.45. The molecule has 2 aromatic rings. The maximum atomic E-state index is 12.6. The Morgan fingerprint density at radius 3 is 2.66 bits per heavy atom. The molecule has 1 heterocycles. The number of halogens is 1. The van der Waals surface area contributed by atoms with Gasteiger partial charge in [0.15, 0.2) is 0 Å².